The van der Waals surface area contributed by atoms with Crippen LogP contribution in [0.25, 0.3) is 0 Å². The highest BCUT2D eigenvalue weighted by Gasteiger charge is 2.12. The van der Waals surface area contributed by atoms with Crippen molar-refractivity contribution in [2.75, 3.05) is 11.1 Å². The van der Waals surface area contributed by atoms with Gasteiger partial charge in [-0.05, 0) is 43.0 Å². The van der Waals surface area contributed by atoms with E-state index in [2.05, 4.69) is 18.3 Å². The minimum atomic E-state index is -0.0966. The monoisotopic (exact) mass is 289 g/mol. The van der Waals surface area contributed by atoms with Crippen LogP contribution in [0, 0.1) is 0 Å². The van der Waals surface area contributed by atoms with Crippen LogP contribution < -0.4 is 5.32 Å². The normalized spacial score (nSPS) is 12.1. The molecule has 3 N–H and O–H groups in total. The van der Waals surface area contributed by atoms with E-state index in [1.807, 2.05) is 25.1 Å². The summed E-state index contributed by atoms with van der Waals surface area (Å²) in [6.45, 7) is 4.08. The molecule has 4 heteroatoms. The fourth-order valence-corrected chi connectivity index (χ4v) is 2.84. The van der Waals surface area contributed by atoms with E-state index < -0.39 is 0 Å². The summed E-state index contributed by atoms with van der Waals surface area (Å²) >= 11 is 1.77. The summed E-state index contributed by atoms with van der Waals surface area (Å²) < 4.78 is 0. The quantitative estimate of drug-likeness (QED) is 0.564. The van der Waals surface area contributed by atoms with Crippen LogP contribution in [0.1, 0.15) is 25.5 Å². The summed E-state index contributed by atoms with van der Waals surface area (Å²) in [6, 6.07) is 12.6. The lowest BCUT2D eigenvalue weighted by Gasteiger charge is -2.19. The van der Waals surface area contributed by atoms with Crippen LogP contribution in [0.3, 0.4) is 0 Å². The smallest absolute Gasteiger partial charge is 0.121 e. The number of para-hydroxylation sites is 1. The molecule has 0 aromatic heterocycles. The third-order valence-electron chi connectivity index (χ3n) is 3.04. The molecular weight excluding hydrogens is 270 g/mol. The van der Waals surface area contributed by atoms with Crippen molar-refractivity contribution in [3.63, 3.8) is 0 Å². The number of phenols is 2. The van der Waals surface area contributed by atoms with Crippen LogP contribution in [0.4, 0.5) is 5.69 Å². The van der Waals surface area contributed by atoms with Gasteiger partial charge < -0.3 is 15.5 Å². The SMILES string of the molecule is CCSc1ccccc1NC(C)c1cc(O)ccc1O. The number of nitrogens with one attached hydrogen (secondary N) is 1. The molecule has 20 heavy (non-hydrogen) atoms. The minimum absolute atomic E-state index is 0.0966. The van der Waals surface area contributed by atoms with E-state index in [0.29, 0.717) is 5.56 Å². The van der Waals surface area contributed by atoms with Crippen LogP contribution in [0.2, 0.25) is 0 Å². The second-order valence-corrected chi connectivity index (χ2v) is 5.84. The van der Waals surface area contributed by atoms with Crippen molar-refractivity contribution in [2.24, 2.45) is 0 Å². The van der Waals surface area contributed by atoms with E-state index in [4.69, 9.17) is 0 Å². The fraction of sp³-hybridized carbons (Fsp3) is 0.250. The maximum Gasteiger partial charge on any atom is 0.121 e. The molecule has 3 nitrogen and oxygen atoms in total. The summed E-state index contributed by atoms with van der Waals surface area (Å²) in [7, 11) is 0. The molecule has 2 aromatic carbocycles. The number of thioether (sulfide) groups is 1. The first-order chi connectivity index (χ1) is 9.61. The first-order valence-electron chi connectivity index (χ1n) is 6.62. The predicted octanol–water partition coefficient (Wildman–Crippen LogP) is 4.38. The van der Waals surface area contributed by atoms with Gasteiger partial charge in [-0.15, -0.1) is 11.8 Å². The molecule has 0 saturated carbocycles. The summed E-state index contributed by atoms with van der Waals surface area (Å²) in [5, 5.41) is 22.8. The second-order valence-electron chi connectivity index (χ2n) is 4.54. The molecule has 0 amide bonds. The number of hydrogen-bond donors (Lipinski definition) is 3. The molecule has 0 bridgehead atoms. The third-order valence-corrected chi connectivity index (χ3v) is 3.99. The highest BCUT2D eigenvalue weighted by molar-refractivity contribution is 7.99. The van der Waals surface area contributed by atoms with Crippen molar-refractivity contribution < 1.29 is 10.2 Å². The maximum absolute atomic E-state index is 9.90. The van der Waals surface area contributed by atoms with E-state index in [1.165, 1.54) is 17.0 Å². The molecule has 0 fully saturated rings. The van der Waals surface area contributed by atoms with Crippen LogP contribution in [0.15, 0.2) is 47.4 Å². The van der Waals surface area contributed by atoms with Gasteiger partial charge in [0.25, 0.3) is 0 Å². The zero-order valence-corrected chi connectivity index (χ0v) is 12.4. The van der Waals surface area contributed by atoms with E-state index in [0.717, 1.165) is 11.4 Å². The van der Waals surface area contributed by atoms with Gasteiger partial charge in [0.05, 0.1) is 6.04 Å². The van der Waals surface area contributed by atoms with Gasteiger partial charge in [0.2, 0.25) is 0 Å². The molecule has 0 aliphatic carbocycles. The Bertz CT molecular complexity index is 586. The molecule has 106 valence electrons. The largest absolute Gasteiger partial charge is 0.508 e. The van der Waals surface area contributed by atoms with E-state index in [-0.39, 0.29) is 17.5 Å². The highest BCUT2D eigenvalue weighted by atomic mass is 32.2. The van der Waals surface area contributed by atoms with Crippen molar-refractivity contribution in [1.29, 1.82) is 0 Å². The predicted molar refractivity (Wildman–Crippen MR) is 84.6 cm³/mol. The molecule has 0 aliphatic heterocycles. The zero-order valence-electron chi connectivity index (χ0n) is 11.6. The van der Waals surface area contributed by atoms with Crippen molar-refractivity contribution in [3.05, 3.63) is 48.0 Å². The van der Waals surface area contributed by atoms with Crippen molar-refractivity contribution in [1.82, 2.24) is 0 Å². The van der Waals surface area contributed by atoms with Gasteiger partial charge in [-0.3, -0.25) is 0 Å². The Kier molecular flexibility index (Phi) is 4.79. The Morgan fingerprint density at radius 1 is 1.15 bits per heavy atom. The molecule has 2 rings (SSSR count). The van der Waals surface area contributed by atoms with Crippen LogP contribution in [-0.2, 0) is 0 Å². The van der Waals surface area contributed by atoms with Gasteiger partial charge in [0.1, 0.15) is 11.5 Å². The Balaban J connectivity index is 2.23. The van der Waals surface area contributed by atoms with Gasteiger partial charge >= 0.3 is 0 Å². The Morgan fingerprint density at radius 3 is 2.65 bits per heavy atom. The molecule has 0 aliphatic rings. The number of anilines is 1. The standard InChI is InChI=1S/C16H19NO2S/c1-3-20-16-7-5-4-6-14(16)17-11(2)13-10-12(18)8-9-15(13)19/h4-11,17-19H,3H2,1-2H3. The summed E-state index contributed by atoms with van der Waals surface area (Å²) in [5.41, 5.74) is 1.72. The number of benzene rings is 2. The third kappa shape index (κ3) is 3.39. The summed E-state index contributed by atoms with van der Waals surface area (Å²) in [4.78, 5) is 1.18. The number of rotatable bonds is 5. The molecule has 0 heterocycles. The van der Waals surface area contributed by atoms with Gasteiger partial charge in [-0.25, -0.2) is 0 Å². The molecule has 2 aromatic rings. The number of phenolic OH excluding ortho intramolecular Hbond substituents is 2. The average Bonchev–Trinajstić information content (AvgIpc) is 2.44. The minimum Gasteiger partial charge on any atom is -0.508 e. The molecule has 1 atom stereocenters. The van der Waals surface area contributed by atoms with Crippen LogP contribution >= 0.6 is 11.8 Å². The van der Waals surface area contributed by atoms with Crippen LogP contribution in [-0.4, -0.2) is 16.0 Å². The maximum atomic E-state index is 9.90. The van der Waals surface area contributed by atoms with Gasteiger partial charge in [-0.2, -0.15) is 0 Å². The first-order valence-corrected chi connectivity index (χ1v) is 7.60. The summed E-state index contributed by atoms with van der Waals surface area (Å²) in [5.74, 6) is 1.34. The topological polar surface area (TPSA) is 52.5 Å². The van der Waals surface area contributed by atoms with Gasteiger partial charge in [0, 0.05) is 16.1 Å². The number of hydrogen-bond acceptors (Lipinski definition) is 4. The Morgan fingerprint density at radius 2 is 1.90 bits per heavy atom. The zero-order chi connectivity index (χ0) is 14.5. The lowest BCUT2D eigenvalue weighted by molar-refractivity contribution is 0.451. The lowest BCUT2D eigenvalue weighted by Crippen LogP contribution is -2.07. The average molecular weight is 289 g/mol. The molecule has 0 radical (unpaired) electrons. The second kappa shape index (κ2) is 6.57. The van der Waals surface area contributed by atoms with Gasteiger partial charge in [-0.1, -0.05) is 19.1 Å². The Labute approximate surface area is 123 Å². The molecule has 0 saturated heterocycles. The Hall–Kier alpha value is -1.81. The van der Waals surface area contributed by atoms with Crippen LogP contribution in [0.5, 0.6) is 11.5 Å². The lowest BCUT2D eigenvalue weighted by atomic mass is 10.1. The van der Waals surface area contributed by atoms with Gasteiger partial charge in [0.15, 0.2) is 0 Å². The molecule has 1 unspecified atom stereocenters. The highest BCUT2D eigenvalue weighted by Crippen LogP contribution is 2.33. The first kappa shape index (κ1) is 14.6. The van der Waals surface area contributed by atoms with Crippen molar-refractivity contribution >= 4 is 17.4 Å². The van der Waals surface area contributed by atoms with E-state index in [9.17, 15) is 10.2 Å². The molecule has 0 spiro atoms. The van der Waals surface area contributed by atoms with Crippen molar-refractivity contribution in [2.45, 2.75) is 24.8 Å². The van der Waals surface area contributed by atoms with E-state index >= 15 is 0 Å². The van der Waals surface area contributed by atoms with E-state index in [1.54, 1.807) is 17.8 Å². The molecular formula is C16H19NO2S. The summed E-state index contributed by atoms with van der Waals surface area (Å²) in [6.07, 6.45) is 0. The van der Waals surface area contributed by atoms with Crippen molar-refractivity contribution in [3.8, 4) is 11.5 Å². The fourth-order valence-electron chi connectivity index (χ4n) is 2.07. The number of aromatic hydroxyl groups is 2.